The summed E-state index contributed by atoms with van der Waals surface area (Å²) in [7, 11) is -4.00. The van der Waals surface area contributed by atoms with E-state index in [-0.39, 0.29) is 10.8 Å². The number of anilines is 1. The van der Waals surface area contributed by atoms with Gasteiger partial charge in [0.2, 0.25) is 0 Å². The van der Waals surface area contributed by atoms with E-state index in [0.717, 1.165) is 15.4 Å². The van der Waals surface area contributed by atoms with E-state index in [0.29, 0.717) is 23.6 Å². The van der Waals surface area contributed by atoms with E-state index in [1.807, 2.05) is 66.7 Å². The number of sulfonamides is 1. The summed E-state index contributed by atoms with van der Waals surface area (Å²) in [5, 5.41) is 4.07. The van der Waals surface area contributed by atoms with Crippen molar-refractivity contribution in [3.05, 3.63) is 126 Å². The minimum Gasteiger partial charge on any atom is -0.488 e. The van der Waals surface area contributed by atoms with Gasteiger partial charge in [0.15, 0.2) is 0 Å². The zero-order valence-corrected chi connectivity index (χ0v) is 22.7. The Balaban J connectivity index is 1.49. The van der Waals surface area contributed by atoms with Crippen LogP contribution in [0.4, 0.5) is 5.69 Å². The van der Waals surface area contributed by atoms with Crippen LogP contribution in [-0.2, 0) is 21.4 Å². The van der Waals surface area contributed by atoms with Crippen molar-refractivity contribution < 1.29 is 17.9 Å². The third-order valence-electron chi connectivity index (χ3n) is 6.02. The molecule has 0 heterocycles. The van der Waals surface area contributed by atoms with E-state index in [4.69, 9.17) is 4.74 Å². The molecule has 0 aromatic heterocycles. The number of benzene rings is 4. The summed E-state index contributed by atoms with van der Waals surface area (Å²) in [5.41, 5.74) is 5.61. The van der Waals surface area contributed by atoms with Gasteiger partial charge in [-0.05, 0) is 53.4 Å². The van der Waals surface area contributed by atoms with Crippen LogP contribution in [0.5, 0.6) is 5.75 Å². The summed E-state index contributed by atoms with van der Waals surface area (Å²) in [4.78, 5) is 13.0. The molecule has 0 bridgehead atoms. The summed E-state index contributed by atoms with van der Waals surface area (Å²) < 4.78 is 34.0. The largest absolute Gasteiger partial charge is 0.488 e. The molecule has 1 amide bonds. The summed E-state index contributed by atoms with van der Waals surface area (Å²) in [5.74, 6) is 0.315. The number of carbonyl (C=O) groups is 1. The lowest BCUT2D eigenvalue weighted by Gasteiger charge is -2.24. The van der Waals surface area contributed by atoms with Crippen molar-refractivity contribution in [3.8, 4) is 5.75 Å². The third-order valence-corrected chi connectivity index (χ3v) is 7.80. The van der Waals surface area contributed by atoms with Crippen molar-refractivity contribution in [2.75, 3.05) is 10.8 Å². The molecule has 0 aliphatic carbocycles. The van der Waals surface area contributed by atoms with Gasteiger partial charge in [-0.15, -0.1) is 0 Å². The van der Waals surface area contributed by atoms with Gasteiger partial charge in [0.05, 0.1) is 16.8 Å². The van der Waals surface area contributed by atoms with Crippen LogP contribution in [0.25, 0.3) is 0 Å². The number of hydrogen-bond donors (Lipinski definition) is 1. The number of hydrazone groups is 1. The highest BCUT2D eigenvalue weighted by Crippen LogP contribution is 2.26. The molecule has 0 unspecified atom stereocenters. The van der Waals surface area contributed by atoms with Gasteiger partial charge in [-0.25, -0.2) is 13.8 Å². The fourth-order valence-electron chi connectivity index (χ4n) is 3.85. The lowest BCUT2D eigenvalue weighted by molar-refractivity contribution is -0.119. The second kappa shape index (κ2) is 12.9. The average Bonchev–Trinajstić information content (AvgIpc) is 2.96. The van der Waals surface area contributed by atoms with Gasteiger partial charge >= 0.3 is 0 Å². The normalized spacial score (nSPS) is 11.5. The van der Waals surface area contributed by atoms with Gasteiger partial charge in [0, 0.05) is 5.56 Å². The molecule has 0 saturated carbocycles. The van der Waals surface area contributed by atoms with Crippen LogP contribution in [0.1, 0.15) is 36.5 Å². The highest BCUT2D eigenvalue weighted by molar-refractivity contribution is 7.92. The van der Waals surface area contributed by atoms with Crippen LogP contribution in [0.15, 0.2) is 119 Å². The fraction of sp³-hybridized carbons (Fsp3) is 0.161. The molecule has 200 valence electrons. The first-order chi connectivity index (χ1) is 18.8. The third kappa shape index (κ3) is 7.33. The number of rotatable bonds is 11. The van der Waals surface area contributed by atoms with Crippen LogP contribution >= 0.6 is 0 Å². The monoisotopic (exact) mass is 541 g/mol. The Kier molecular flexibility index (Phi) is 9.12. The van der Waals surface area contributed by atoms with E-state index < -0.39 is 22.5 Å². The van der Waals surface area contributed by atoms with Crippen molar-refractivity contribution in [2.45, 2.75) is 31.3 Å². The molecular formula is C31H31N3O4S. The van der Waals surface area contributed by atoms with Crippen molar-refractivity contribution in [1.29, 1.82) is 0 Å². The quantitative estimate of drug-likeness (QED) is 0.194. The SMILES string of the molecule is CC(C)c1ccc(N(CC(=O)N/N=C\c2ccccc2OCc2ccccc2)S(=O)(=O)c2ccccc2)cc1. The Morgan fingerprint density at radius 2 is 1.49 bits per heavy atom. The molecule has 0 aliphatic rings. The van der Waals surface area contributed by atoms with Gasteiger partial charge in [-0.1, -0.05) is 86.6 Å². The van der Waals surface area contributed by atoms with Crippen molar-refractivity contribution >= 4 is 27.8 Å². The first-order valence-electron chi connectivity index (χ1n) is 12.6. The Morgan fingerprint density at radius 1 is 0.872 bits per heavy atom. The molecule has 1 N–H and O–H groups in total. The van der Waals surface area contributed by atoms with Gasteiger partial charge in [-0.2, -0.15) is 5.10 Å². The van der Waals surface area contributed by atoms with Crippen molar-refractivity contribution in [1.82, 2.24) is 5.43 Å². The predicted molar refractivity (Wildman–Crippen MR) is 154 cm³/mol. The number of nitrogens with one attached hydrogen (secondary N) is 1. The highest BCUT2D eigenvalue weighted by atomic mass is 32.2. The van der Waals surface area contributed by atoms with Crippen LogP contribution in [-0.4, -0.2) is 27.1 Å². The number of para-hydroxylation sites is 1. The maximum absolute atomic E-state index is 13.5. The molecule has 0 saturated heterocycles. The first kappa shape index (κ1) is 27.6. The Morgan fingerprint density at radius 3 is 2.15 bits per heavy atom. The topological polar surface area (TPSA) is 88.1 Å². The van der Waals surface area contributed by atoms with Gasteiger partial charge < -0.3 is 4.74 Å². The molecule has 4 aromatic carbocycles. The molecule has 4 aromatic rings. The summed E-state index contributed by atoms with van der Waals surface area (Å²) in [6.45, 7) is 4.06. The Hall–Kier alpha value is -4.43. The van der Waals surface area contributed by atoms with Crippen LogP contribution < -0.4 is 14.5 Å². The van der Waals surface area contributed by atoms with E-state index in [1.54, 1.807) is 30.3 Å². The molecule has 4 rings (SSSR count). The van der Waals surface area contributed by atoms with E-state index in [1.165, 1.54) is 18.3 Å². The lowest BCUT2D eigenvalue weighted by atomic mass is 10.0. The lowest BCUT2D eigenvalue weighted by Crippen LogP contribution is -2.39. The average molecular weight is 542 g/mol. The molecule has 8 heteroatoms. The zero-order valence-electron chi connectivity index (χ0n) is 21.9. The minimum absolute atomic E-state index is 0.0960. The molecule has 39 heavy (non-hydrogen) atoms. The van der Waals surface area contributed by atoms with E-state index >= 15 is 0 Å². The van der Waals surface area contributed by atoms with E-state index in [2.05, 4.69) is 24.4 Å². The second-order valence-electron chi connectivity index (χ2n) is 9.18. The summed E-state index contributed by atoms with van der Waals surface area (Å²) in [6.07, 6.45) is 1.48. The first-order valence-corrected chi connectivity index (χ1v) is 14.0. The fourth-order valence-corrected chi connectivity index (χ4v) is 5.30. The predicted octanol–water partition coefficient (Wildman–Crippen LogP) is 5.73. The molecule has 0 radical (unpaired) electrons. The van der Waals surface area contributed by atoms with Gasteiger partial charge in [0.1, 0.15) is 18.9 Å². The Bertz CT molecular complexity index is 1500. The highest BCUT2D eigenvalue weighted by Gasteiger charge is 2.27. The number of amides is 1. The standard InChI is InChI=1S/C31H31N3O4S/c1-24(2)26-17-19-28(20-18-26)34(39(36,37)29-14-7-4-8-15-29)22-31(35)33-32-21-27-13-9-10-16-30(27)38-23-25-11-5-3-6-12-25/h3-21,24H,22-23H2,1-2H3,(H,33,35)/b32-21-. The van der Waals surface area contributed by atoms with Crippen LogP contribution in [0.2, 0.25) is 0 Å². The van der Waals surface area contributed by atoms with Crippen molar-refractivity contribution in [2.24, 2.45) is 5.10 Å². The maximum atomic E-state index is 13.5. The number of nitrogens with zero attached hydrogens (tertiary/aromatic N) is 2. The second-order valence-corrected chi connectivity index (χ2v) is 11.0. The maximum Gasteiger partial charge on any atom is 0.264 e. The molecule has 0 atom stereocenters. The summed E-state index contributed by atoms with van der Waals surface area (Å²) in [6, 6.07) is 32.3. The van der Waals surface area contributed by atoms with Gasteiger partial charge in [-0.3, -0.25) is 9.10 Å². The number of ether oxygens (including phenoxy) is 1. The van der Waals surface area contributed by atoms with Crippen LogP contribution in [0, 0.1) is 0 Å². The summed E-state index contributed by atoms with van der Waals surface area (Å²) >= 11 is 0. The molecule has 0 spiro atoms. The Labute approximate surface area is 229 Å². The smallest absolute Gasteiger partial charge is 0.264 e. The molecular weight excluding hydrogens is 510 g/mol. The zero-order chi connectivity index (χ0) is 27.7. The van der Waals surface area contributed by atoms with E-state index in [9.17, 15) is 13.2 Å². The minimum atomic E-state index is -4.00. The number of carbonyl (C=O) groups excluding carboxylic acids is 1. The number of hydrogen-bond acceptors (Lipinski definition) is 5. The van der Waals surface area contributed by atoms with Gasteiger partial charge in [0.25, 0.3) is 15.9 Å². The molecule has 0 aliphatic heterocycles. The van der Waals surface area contributed by atoms with Crippen LogP contribution in [0.3, 0.4) is 0 Å². The van der Waals surface area contributed by atoms with Crippen molar-refractivity contribution in [3.63, 3.8) is 0 Å². The molecule has 0 fully saturated rings. The molecule has 7 nitrogen and oxygen atoms in total.